The first-order valence-electron chi connectivity index (χ1n) is 13.4. The van der Waals surface area contributed by atoms with Gasteiger partial charge in [0, 0.05) is 23.8 Å². The molecule has 1 unspecified atom stereocenters. The number of aryl methyl sites for hydroxylation is 2. The summed E-state index contributed by atoms with van der Waals surface area (Å²) in [6.07, 6.45) is 2.51. The highest BCUT2D eigenvalue weighted by molar-refractivity contribution is 6.13. The number of rotatable bonds is 8. The molecular formula is C34H34FNO3. The van der Waals surface area contributed by atoms with Crippen molar-refractivity contribution in [2.24, 2.45) is 4.99 Å². The number of hydrogen-bond acceptors (Lipinski definition) is 4. The molecule has 0 heterocycles. The Bertz CT molecular complexity index is 1420. The van der Waals surface area contributed by atoms with Crippen LogP contribution in [0.1, 0.15) is 63.5 Å². The second-order valence-electron chi connectivity index (χ2n) is 10.1. The van der Waals surface area contributed by atoms with E-state index in [1.807, 2.05) is 62.4 Å². The van der Waals surface area contributed by atoms with Crippen molar-refractivity contribution < 1.29 is 19.0 Å². The number of aliphatic imine (C=N–C) groups is 1. The highest BCUT2D eigenvalue weighted by Crippen LogP contribution is 2.40. The highest BCUT2D eigenvalue weighted by atomic mass is 19.1. The lowest BCUT2D eigenvalue weighted by atomic mass is 9.83. The summed E-state index contributed by atoms with van der Waals surface area (Å²) in [5.74, 6) is -0.219. The Kier molecular flexibility index (Phi) is 8.20. The smallest absolute Gasteiger partial charge is 0.188 e. The lowest BCUT2D eigenvalue weighted by Crippen LogP contribution is -2.16. The first kappa shape index (κ1) is 26.8. The van der Waals surface area contributed by atoms with Gasteiger partial charge in [-0.25, -0.2) is 9.38 Å². The van der Waals surface area contributed by atoms with Gasteiger partial charge in [0.25, 0.3) is 0 Å². The Morgan fingerprint density at radius 2 is 1.44 bits per heavy atom. The van der Waals surface area contributed by atoms with E-state index in [0.717, 1.165) is 76.0 Å². The SMILES string of the molecule is COCOc1c(F)cc(C(O)c2c(C)cc(N=C(c3ccccc3)c3ccccc3)cc2C)c2c1CCCC2. The van der Waals surface area contributed by atoms with Crippen LogP contribution in [0.3, 0.4) is 0 Å². The number of ether oxygens (including phenoxy) is 2. The maximum atomic E-state index is 15.3. The minimum atomic E-state index is -0.955. The standard InChI is InChI=1S/C34H34FNO3/c1-22-18-26(36-32(24-12-6-4-7-13-24)25-14-8-5-9-15-25)19-23(2)31(22)33(37)29-20-30(35)34(39-21-38-3)28-17-11-10-16-27(28)29/h4-9,12-15,18-20,33,37H,10-11,16-17,21H2,1-3H3. The zero-order chi connectivity index (χ0) is 27.4. The number of aliphatic hydroxyl groups is 1. The van der Waals surface area contributed by atoms with Gasteiger partial charge in [-0.1, -0.05) is 60.7 Å². The fourth-order valence-electron chi connectivity index (χ4n) is 5.65. The minimum absolute atomic E-state index is 0.0145. The minimum Gasteiger partial charge on any atom is -0.464 e. The molecule has 1 aliphatic rings. The number of methoxy groups -OCH3 is 1. The molecule has 5 rings (SSSR count). The molecule has 0 aliphatic heterocycles. The molecule has 0 radical (unpaired) electrons. The number of nitrogens with zero attached hydrogens (tertiary/aromatic N) is 1. The normalized spacial score (nSPS) is 13.5. The van der Waals surface area contributed by atoms with E-state index in [0.29, 0.717) is 5.56 Å². The third-order valence-electron chi connectivity index (χ3n) is 7.39. The number of hydrogen-bond donors (Lipinski definition) is 1. The summed E-state index contributed by atoms with van der Waals surface area (Å²) in [5.41, 5.74) is 8.79. The highest BCUT2D eigenvalue weighted by Gasteiger charge is 2.27. The Balaban J connectivity index is 1.56. The topological polar surface area (TPSA) is 51.0 Å². The fraction of sp³-hybridized carbons (Fsp3) is 0.265. The van der Waals surface area contributed by atoms with Crippen molar-refractivity contribution in [1.29, 1.82) is 0 Å². The molecule has 4 nitrogen and oxygen atoms in total. The van der Waals surface area contributed by atoms with Gasteiger partial charge < -0.3 is 14.6 Å². The van der Waals surface area contributed by atoms with Crippen LogP contribution in [0.2, 0.25) is 0 Å². The van der Waals surface area contributed by atoms with Crippen molar-refractivity contribution in [3.63, 3.8) is 0 Å². The largest absolute Gasteiger partial charge is 0.464 e. The zero-order valence-corrected chi connectivity index (χ0v) is 22.7. The van der Waals surface area contributed by atoms with Crippen molar-refractivity contribution in [2.45, 2.75) is 45.6 Å². The van der Waals surface area contributed by atoms with Crippen LogP contribution in [0.5, 0.6) is 5.75 Å². The fourth-order valence-corrected chi connectivity index (χ4v) is 5.65. The Labute approximate surface area is 229 Å². The van der Waals surface area contributed by atoms with Crippen molar-refractivity contribution >= 4 is 11.4 Å². The summed E-state index contributed by atoms with van der Waals surface area (Å²) in [4.78, 5) is 5.07. The van der Waals surface area contributed by atoms with Gasteiger partial charge in [0.2, 0.25) is 0 Å². The van der Waals surface area contributed by atoms with Gasteiger partial charge in [0.15, 0.2) is 18.4 Å². The Morgan fingerprint density at radius 3 is 2.00 bits per heavy atom. The van der Waals surface area contributed by atoms with Crippen LogP contribution in [0.4, 0.5) is 10.1 Å². The molecule has 200 valence electrons. The molecule has 0 bridgehead atoms. The first-order chi connectivity index (χ1) is 19.0. The number of benzene rings is 4. The molecular weight excluding hydrogens is 489 g/mol. The second-order valence-corrected chi connectivity index (χ2v) is 10.1. The predicted molar refractivity (Wildman–Crippen MR) is 154 cm³/mol. The molecule has 4 aromatic carbocycles. The lowest BCUT2D eigenvalue weighted by molar-refractivity contribution is 0.0472. The number of aliphatic hydroxyl groups excluding tert-OH is 1. The van der Waals surface area contributed by atoms with Crippen LogP contribution in [0.15, 0.2) is 83.9 Å². The number of fused-ring (bicyclic) bond motifs is 1. The quantitative estimate of drug-likeness (QED) is 0.192. The molecule has 5 heteroatoms. The predicted octanol–water partition coefficient (Wildman–Crippen LogP) is 7.55. The summed E-state index contributed by atoms with van der Waals surface area (Å²) in [6.45, 7) is 3.95. The molecule has 0 amide bonds. The van der Waals surface area contributed by atoms with Crippen LogP contribution in [-0.4, -0.2) is 24.7 Å². The van der Waals surface area contributed by atoms with Crippen LogP contribution < -0.4 is 4.74 Å². The summed E-state index contributed by atoms with van der Waals surface area (Å²) >= 11 is 0. The Morgan fingerprint density at radius 1 is 0.872 bits per heavy atom. The summed E-state index contributed by atoms with van der Waals surface area (Å²) in [5, 5.41) is 11.7. The first-order valence-corrected chi connectivity index (χ1v) is 13.4. The van der Waals surface area contributed by atoms with Gasteiger partial charge in [-0.05, 0) is 85.5 Å². The van der Waals surface area contributed by atoms with Gasteiger partial charge in [-0.3, -0.25) is 0 Å². The van der Waals surface area contributed by atoms with Crippen molar-refractivity contribution in [2.75, 3.05) is 13.9 Å². The van der Waals surface area contributed by atoms with Crippen LogP contribution >= 0.6 is 0 Å². The van der Waals surface area contributed by atoms with Gasteiger partial charge in [0.05, 0.1) is 11.4 Å². The van der Waals surface area contributed by atoms with E-state index in [-0.39, 0.29) is 12.5 Å². The van der Waals surface area contributed by atoms with Crippen molar-refractivity contribution in [1.82, 2.24) is 0 Å². The second kappa shape index (κ2) is 11.9. The third kappa shape index (κ3) is 5.65. The van der Waals surface area contributed by atoms with E-state index >= 15 is 4.39 Å². The van der Waals surface area contributed by atoms with E-state index < -0.39 is 11.9 Å². The summed E-state index contributed by atoms with van der Waals surface area (Å²) in [7, 11) is 1.52. The average Bonchev–Trinajstić information content (AvgIpc) is 2.95. The Hall–Kier alpha value is -3.80. The molecule has 39 heavy (non-hydrogen) atoms. The van der Waals surface area contributed by atoms with E-state index in [1.165, 1.54) is 13.2 Å². The van der Waals surface area contributed by atoms with Crippen molar-refractivity contribution in [3.05, 3.63) is 129 Å². The molecule has 0 aromatic heterocycles. The number of halogens is 1. The molecule has 1 aliphatic carbocycles. The molecule has 0 saturated heterocycles. The lowest BCUT2D eigenvalue weighted by Gasteiger charge is -2.27. The van der Waals surface area contributed by atoms with Crippen LogP contribution in [0, 0.1) is 19.7 Å². The third-order valence-corrected chi connectivity index (χ3v) is 7.39. The summed E-state index contributed by atoms with van der Waals surface area (Å²) in [6, 6.07) is 25.7. The molecule has 1 atom stereocenters. The van der Waals surface area contributed by atoms with Gasteiger partial charge >= 0.3 is 0 Å². The summed E-state index contributed by atoms with van der Waals surface area (Å²) < 4.78 is 25.9. The van der Waals surface area contributed by atoms with Gasteiger partial charge in [-0.15, -0.1) is 0 Å². The van der Waals surface area contributed by atoms with Crippen LogP contribution in [0.25, 0.3) is 0 Å². The van der Waals surface area contributed by atoms with Gasteiger partial charge in [0.1, 0.15) is 6.10 Å². The molecule has 1 N–H and O–H groups in total. The van der Waals surface area contributed by atoms with E-state index in [9.17, 15) is 5.11 Å². The maximum Gasteiger partial charge on any atom is 0.188 e. The van der Waals surface area contributed by atoms with Crippen molar-refractivity contribution in [3.8, 4) is 5.75 Å². The molecule has 0 spiro atoms. The molecule has 0 saturated carbocycles. The van der Waals surface area contributed by atoms with Crippen LogP contribution in [-0.2, 0) is 17.6 Å². The zero-order valence-electron chi connectivity index (χ0n) is 22.7. The average molecular weight is 524 g/mol. The molecule has 0 fully saturated rings. The van der Waals surface area contributed by atoms with Gasteiger partial charge in [-0.2, -0.15) is 0 Å². The monoisotopic (exact) mass is 523 g/mol. The van der Waals surface area contributed by atoms with E-state index in [1.54, 1.807) is 0 Å². The van der Waals surface area contributed by atoms with E-state index in [2.05, 4.69) is 24.3 Å². The maximum absolute atomic E-state index is 15.3. The molecule has 4 aromatic rings. The van der Waals surface area contributed by atoms with E-state index in [4.69, 9.17) is 14.5 Å².